The fourth-order valence-electron chi connectivity index (χ4n) is 2.05. The van der Waals surface area contributed by atoms with Gasteiger partial charge in [-0.15, -0.1) is 0 Å². The van der Waals surface area contributed by atoms with E-state index in [0.717, 1.165) is 45.1 Å². The van der Waals surface area contributed by atoms with E-state index >= 15 is 0 Å². The van der Waals surface area contributed by atoms with E-state index in [4.69, 9.17) is 5.11 Å². The number of nitrogens with one attached hydrogen (secondary N) is 2. The Morgan fingerprint density at radius 3 is 2.30 bits per heavy atom. The Morgan fingerprint density at radius 2 is 1.75 bits per heavy atom. The minimum atomic E-state index is -0.933. The third-order valence-electron chi connectivity index (χ3n) is 3.47. The molecular weight excluding hydrogens is 256 g/mol. The summed E-state index contributed by atoms with van der Waals surface area (Å²) < 4.78 is 0. The van der Waals surface area contributed by atoms with Crippen molar-refractivity contribution in [3.05, 3.63) is 0 Å². The van der Waals surface area contributed by atoms with E-state index in [0.29, 0.717) is 6.42 Å². The molecule has 0 fully saturated rings. The summed E-state index contributed by atoms with van der Waals surface area (Å²) in [6.07, 6.45) is 6.21. The number of amides is 1. The Bertz CT molecular complexity index is 282. The van der Waals surface area contributed by atoms with Gasteiger partial charge in [0, 0.05) is 5.92 Å². The molecule has 20 heavy (non-hydrogen) atoms. The van der Waals surface area contributed by atoms with Crippen LogP contribution in [0.2, 0.25) is 0 Å². The first-order valence-corrected chi connectivity index (χ1v) is 7.70. The maximum atomic E-state index is 12.0. The van der Waals surface area contributed by atoms with Crippen molar-refractivity contribution in [2.24, 2.45) is 5.92 Å². The van der Waals surface area contributed by atoms with Gasteiger partial charge in [-0.2, -0.15) is 0 Å². The maximum absolute atomic E-state index is 12.0. The lowest BCUT2D eigenvalue weighted by molar-refractivity contribution is -0.142. The van der Waals surface area contributed by atoms with Crippen LogP contribution >= 0.6 is 0 Å². The quantitative estimate of drug-likeness (QED) is 0.480. The van der Waals surface area contributed by atoms with Crippen LogP contribution in [0.15, 0.2) is 0 Å². The van der Waals surface area contributed by atoms with Crippen LogP contribution in [0.1, 0.15) is 58.8 Å². The monoisotopic (exact) mass is 286 g/mol. The number of carbonyl (C=O) groups is 2. The van der Waals surface area contributed by atoms with Crippen LogP contribution in [-0.4, -0.2) is 36.6 Å². The average molecular weight is 286 g/mol. The number of carbonyl (C=O) groups excluding carboxylic acids is 1. The first kappa shape index (κ1) is 18.9. The number of carboxylic acids is 1. The fourth-order valence-corrected chi connectivity index (χ4v) is 2.05. The number of rotatable bonds is 12. The third-order valence-corrected chi connectivity index (χ3v) is 3.47. The molecule has 0 aromatic heterocycles. The average Bonchev–Trinajstić information content (AvgIpc) is 2.42. The van der Waals surface area contributed by atoms with Crippen LogP contribution < -0.4 is 10.6 Å². The Balaban J connectivity index is 4.06. The lowest BCUT2D eigenvalue weighted by Gasteiger charge is -2.17. The number of hydrogen-bond acceptors (Lipinski definition) is 3. The molecule has 0 aromatic rings. The summed E-state index contributed by atoms with van der Waals surface area (Å²) in [7, 11) is 1.91. The molecule has 3 N–H and O–H groups in total. The summed E-state index contributed by atoms with van der Waals surface area (Å²) in [6, 6.07) is -0.742. The van der Waals surface area contributed by atoms with Gasteiger partial charge in [0.15, 0.2) is 0 Å². The van der Waals surface area contributed by atoms with E-state index in [-0.39, 0.29) is 11.8 Å². The lowest BCUT2D eigenvalue weighted by atomic mass is 10.0. The Kier molecular flexibility index (Phi) is 11.1. The van der Waals surface area contributed by atoms with E-state index in [1.807, 2.05) is 14.0 Å². The molecule has 0 radical (unpaired) electrons. The van der Waals surface area contributed by atoms with Gasteiger partial charge >= 0.3 is 5.97 Å². The molecule has 0 aliphatic heterocycles. The largest absolute Gasteiger partial charge is 0.480 e. The molecule has 0 heterocycles. The molecule has 0 spiro atoms. The minimum Gasteiger partial charge on any atom is -0.480 e. The molecule has 0 saturated carbocycles. The standard InChI is InChI=1S/C15H30N2O3/c1-4-5-6-10-13(15(19)20)17-14(18)12(2)9-7-8-11-16-3/h12-13,16H,4-11H2,1-3H3,(H,17,18)(H,19,20). The van der Waals surface area contributed by atoms with Crippen molar-refractivity contribution < 1.29 is 14.7 Å². The van der Waals surface area contributed by atoms with Gasteiger partial charge in [0.1, 0.15) is 6.04 Å². The molecule has 1 amide bonds. The maximum Gasteiger partial charge on any atom is 0.326 e. The topological polar surface area (TPSA) is 78.4 Å². The van der Waals surface area contributed by atoms with Crippen LogP contribution in [0, 0.1) is 5.92 Å². The molecular formula is C15H30N2O3. The summed E-state index contributed by atoms with van der Waals surface area (Å²) in [5.41, 5.74) is 0. The smallest absolute Gasteiger partial charge is 0.326 e. The van der Waals surface area contributed by atoms with Gasteiger partial charge in [0.25, 0.3) is 0 Å². The van der Waals surface area contributed by atoms with Crippen molar-refractivity contribution in [1.82, 2.24) is 10.6 Å². The van der Waals surface area contributed by atoms with Crippen LogP contribution in [0.4, 0.5) is 0 Å². The molecule has 0 aromatic carbocycles. The third kappa shape index (κ3) is 8.91. The predicted octanol–water partition coefficient (Wildman–Crippen LogP) is 2.16. The van der Waals surface area contributed by atoms with Crippen molar-refractivity contribution in [1.29, 1.82) is 0 Å². The van der Waals surface area contributed by atoms with Crippen molar-refractivity contribution in [3.63, 3.8) is 0 Å². The van der Waals surface area contributed by atoms with Crippen molar-refractivity contribution in [2.75, 3.05) is 13.6 Å². The molecule has 5 heteroatoms. The molecule has 0 aliphatic carbocycles. The van der Waals surface area contributed by atoms with Gasteiger partial charge in [-0.25, -0.2) is 4.79 Å². The first-order valence-electron chi connectivity index (χ1n) is 7.70. The summed E-state index contributed by atoms with van der Waals surface area (Å²) in [4.78, 5) is 23.1. The Morgan fingerprint density at radius 1 is 1.10 bits per heavy atom. The Hall–Kier alpha value is -1.10. The SMILES string of the molecule is CCCCCC(NC(=O)C(C)CCCCNC)C(=O)O. The molecule has 118 valence electrons. The molecule has 2 unspecified atom stereocenters. The lowest BCUT2D eigenvalue weighted by Crippen LogP contribution is -2.43. The Labute approximate surface area is 122 Å². The second-order valence-electron chi connectivity index (χ2n) is 5.40. The molecule has 2 atom stereocenters. The summed E-state index contributed by atoms with van der Waals surface area (Å²) >= 11 is 0. The molecule has 0 rings (SSSR count). The first-order chi connectivity index (χ1) is 9.52. The zero-order valence-electron chi connectivity index (χ0n) is 13.1. The van der Waals surface area contributed by atoms with Crippen LogP contribution in [0.5, 0.6) is 0 Å². The normalized spacial score (nSPS) is 13.8. The summed E-state index contributed by atoms with van der Waals surface area (Å²) in [6.45, 7) is 4.88. The highest BCUT2D eigenvalue weighted by Crippen LogP contribution is 2.10. The van der Waals surface area contributed by atoms with Gasteiger partial charge in [-0.3, -0.25) is 4.79 Å². The fraction of sp³-hybridized carbons (Fsp3) is 0.867. The van der Waals surface area contributed by atoms with Crippen LogP contribution in [0.3, 0.4) is 0 Å². The van der Waals surface area contributed by atoms with Gasteiger partial charge in [0.05, 0.1) is 0 Å². The van der Waals surface area contributed by atoms with Gasteiger partial charge < -0.3 is 15.7 Å². The highest BCUT2D eigenvalue weighted by molar-refractivity contribution is 5.84. The molecule has 5 nitrogen and oxygen atoms in total. The minimum absolute atomic E-state index is 0.125. The zero-order chi connectivity index (χ0) is 15.4. The highest BCUT2D eigenvalue weighted by atomic mass is 16.4. The second-order valence-corrected chi connectivity index (χ2v) is 5.40. The van der Waals surface area contributed by atoms with Crippen LogP contribution in [-0.2, 0) is 9.59 Å². The van der Waals surface area contributed by atoms with E-state index in [1.54, 1.807) is 0 Å². The number of unbranched alkanes of at least 4 members (excludes halogenated alkanes) is 3. The highest BCUT2D eigenvalue weighted by Gasteiger charge is 2.22. The van der Waals surface area contributed by atoms with E-state index in [1.165, 1.54) is 0 Å². The number of aliphatic carboxylic acids is 1. The predicted molar refractivity (Wildman–Crippen MR) is 80.7 cm³/mol. The summed E-state index contributed by atoms with van der Waals surface area (Å²) in [5, 5.41) is 14.9. The van der Waals surface area contributed by atoms with Gasteiger partial charge in [-0.1, -0.05) is 39.5 Å². The van der Waals surface area contributed by atoms with Crippen molar-refractivity contribution >= 4 is 11.9 Å². The van der Waals surface area contributed by atoms with E-state index in [9.17, 15) is 9.59 Å². The number of hydrogen-bond donors (Lipinski definition) is 3. The molecule has 0 bridgehead atoms. The summed E-state index contributed by atoms with van der Waals surface area (Å²) in [5.74, 6) is -1.20. The second kappa shape index (κ2) is 11.7. The van der Waals surface area contributed by atoms with E-state index < -0.39 is 12.0 Å². The number of carboxylic acid groups (broad SMARTS) is 1. The molecule has 0 aliphatic rings. The van der Waals surface area contributed by atoms with E-state index in [2.05, 4.69) is 17.6 Å². The van der Waals surface area contributed by atoms with Crippen molar-refractivity contribution in [3.8, 4) is 0 Å². The zero-order valence-corrected chi connectivity index (χ0v) is 13.1. The molecule has 0 saturated heterocycles. The van der Waals surface area contributed by atoms with Crippen LogP contribution in [0.25, 0.3) is 0 Å². The van der Waals surface area contributed by atoms with Gasteiger partial charge in [-0.05, 0) is 32.9 Å². The van der Waals surface area contributed by atoms with Gasteiger partial charge in [0.2, 0.25) is 5.91 Å². The van der Waals surface area contributed by atoms with Crippen molar-refractivity contribution in [2.45, 2.75) is 64.8 Å².